The maximum Gasteiger partial charge on any atom is 0.223 e. The van der Waals surface area contributed by atoms with Gasteiger partial charge in [0.05, 0.1) is 6.10 Å². The maximum absolute atomic E-state index is 12.7. The fraction of sp³-hybridized carbons (Fsp3) is 0.800. The van der Waals surface area contributed by atoms with E-state index < -0.39 is 0 Å². The summed E-state index contributed by atoms with van der Waals surface area (Å²) in [6, 6.07) is 0.299. The lowest BCUT2D eigenvalue weighted by molar-refractivity contribution is -0.128. The minimum atomic E-state index is -0.0186. The molecule has 152 valence electrons. The summed E-state index contributed by atoms with van der Waals surface area (Å²) in [6.45, 7) is 4.91. The second-order valence-electron chi connectivity index (χ2n) is 7.94. The maximum atomic E-state index is 12.7. The summed E-state index contributed by atoms with van der Waals surface area (Å²) in [5, 5.41) is 6.04. The summed E-state index contributed by atoms with van der Waals surface area (Å²) in [7, 11) is 0. The zero-order chi connectivity index (χ0) is 19.2. The van der Waals surface area contributed by atoms with Crippen molar-refractivity contribution in [3.63, 3.8) is 0 Å². The van der Waals surface area contributed by atoms with Gasteiger partial charge in [-0.2, -0.15) is 0 Å². The number of carbonyl (C=O) groups excluding carboxylic acids is 1. The zero-order valence-corrected chi connectivity index (χ0v) is 18.1. The molecule has 27 heavy (non-hydrogen) atoms. The molecule has 5 nitrogen and oxygen atoms in total. The number of thiazole rings is 1. The van der Waals surface area contributed by atoms with Crippen molar-refractivity contribution in [2.45, 2.75) is 93.0 Å². The summed E-state index contributed by atoms with van der Waals surface area (Å²) >= 11 is 3.64. The van der Waals surface area contributed by atoms with E-state index in [4.69, 9.17) is 10.5 Å². The second-order valence-corrected chi connectivity index (χ2v) is 10.3. The van der Waals surface area contributed by atoms with Crippen LogP contribution >= 0.6 is 23.1 Å². The number of rotatable bonds is 7. The molecule has 2 fully saturated rings. The van der Waals surface area contributed by atoms with Crippen LogP contribution in [0, 0.1) is 12.8 Å². The number of aromatic nitrogens is 1. The lowest BCUT2D eigenvalue weighted by atomic mass is 9.83. The fourth-order valence-corrected chi connectivity index (χ4v) is 6.35. The number of amides is 1. The monoisotopic (exact) mass is 411 g/mol. The van der Waals surface area contributed by atoms with E-state index in [1.54, 1.807) is 11.3 Å². The number of thioether (sulfide) groups is 1. The molecule has 3 N–H and O–H groups in total. The Balaban J connectivity index is 1.38. The molecule has 0 bridgehead atoms. The van der Waals surface area contributed by atoms with Crippen molar-refractivity contribution in [3.8, 4) is 0 Å². The van der Waals surface area contributed by atoms with Gasteiger partial charge in [0, 0.05) is 40.9 Å². The predicted octanol–water partition coefficient (Wildman–Crippen LogP) is 3.89. The minimum absolute atomic E-state index is 0.0186. The van der Waals surface area contributed by atoms with Gasteiger partial charge in [-0.3, -0.25) is 4.79 Å². The first-order valence-electron chi connectivity index (χ1n) is 10.3. The smallest absolute Gasteiger partial charge is 0.223 e. The highest BCUT2D eigenvalue weighted by Gasteiger charge is 2.33. The molecular weight excluding hydrogens is 378 g/mol. The fourth-order valence-electron chi connectivity index (χ4n) is 4.07. The third kappa shape index (κ3) is 6.17. The van der Waals surface area contributed by atoms with Crippen molar-refractivity contribution in [1.29, 1.82) is 0 Å². The van der Waals surface area contributed by atoms with E-state index in [1.807, 2.05) is 18.7 Å². The van der Waals surface area contributed by atoms with Gasteiger partial charge in [-0.1, -0.05) is 18.7 Å². The van der Waals surface area contributed by atoms with Gasteiger partial charge >= 0.3 is 0 Å². The largest absolute Gasteiger partial charge is 0.377 e. The molecule has 3 atom stereocenters. The molecule has 2 aliphatic rings. The molecule has 0 aromatic carbocycles. The Hall–Kier alpha value is -0.630. The van der Waals surface area contributed by atoms with Gasteiger partial charge < -0.3 is 15.8 Å². The summed E-state index contributed by atoms with van der Waals surface area (Å²) in [6.07, 6.45) is 8.08. The first-order valence-corrected chi connectivity index (χ1v) is 12.1. The molecule has 1 aromatic rings. The summed E-state index contributed by atoms with van der Waals surface area (Å²) in [5.41, 5.74) is 7.37. The molecule has 3 rings (SSSR count). The van der Waals surface area contributed by atoms with Crippen LogP contribution in [0.15, 0.2) is 9.72 Å². The molecule has 1 amide bonds. The Labute approximate surface area is 171 Å². The number of ether oxygens (including phenoxy) is 1. The van der Waals surface area contributed by atoms with Gasteiger partial charge in [-0.05, 0) is 58.3 Å². The number of nitrogens with two attached hydrogens (primary N) is 1. The summed E-state index contributed by atoms with van der Waals surface area (Å²) in [5.74, 6) is 0.248. The third-order valence-electron chi connectivity index (χ3n) is 5.63. The predicted molar refractivity (Wildman–Crippen MR) is 112 cm³/mol. The molecule has 7 heteroatoms. The van der Waals surface area contributed by atoms with Crippen LogP contribution in [0.4, 0.5) is 0 Å². The molecule has 1 aromatic heterocycles. The van der Waals surface area contributed by atoms with Crippen LogP contribution in [0.3, 0.4) is 0 Å². The highest BCUT2D eigenvalue weighted by atomic mass is 32.2. The van der Waals surface area contributed by atoms with Crippen LogP contribution in [0.2, 0.25) is 0 Å². The van der Waals surface area contributed by atoms with Gasteiger partial charge in [0.2, 0.25) is 5.91 Å². The van der Waals surface area contributed by atoms with Crippen LogP contribution < -0.4 is 11.1 Å². The van der Waals surface area contributed by atoms with Gasteiger partial charge in [0.1, 0.15) is 4.34 Å². The van der Waals surface area contributed by atoms with E-state index in [2.05, 4.69) is 22.6 Å². The number of nitrogens with zero attached hydrogens (tertiary/aromatic N) is 1. The minimum Gasteiger partial charge on any atom is -0.377 e. The zero-order valence-electron chi connectivity index (χ0n) is 16.5. The van der Waals surface area contributed by atoms with Gasteiger partial charge in [-0.15, -0.1) is 11.3 Å². The molecule has 0 spiro atoms. The number of hydrogen-bond donors (Lipinski definition) is 2. The lowest BCUT2D eigenvalue weighted by Crippen LogP contribution is -2.48. The molecule has 2 saturated carbocycles. The molecule has 0 saturated heterocycles. The van der Waals surface area contributed by atoms with Crippen molar-refractivity contribution in [2.24, 2.45) is 11.7 Å². The quantitative estimate of drug-likeness (QED) is 0.712. The van der Waals surface area contributed by atoms with Crippen molar-refractivity contribution in [3.05, 3.63) is 11.1 Å². The first kappa shape index (κ1) is 21.1. The second kappa shape index (κ2) is 10.2. The Bertz CT molecular complexity index is 602. The number of hydrogen-bond acceptors (Lipinski definition) is 6. The van der Waals surface area contributed by atoms with E-state index in [1.165, 1.54) is 4.34 Å². The Morgan fingerprint density at radius 3 is 2.74 bits per heavy atom. The molecule has 2 aliphatic carbocycles. The van der Waals surface area contributed by atoms with Crippen LogP contribution in [-0.2, 0) is 9.53 Å². The molecule has 1 heterocycles. The van der Waals surface area contributed by atoms with Crippen molar-refractivity contribution < 1.29 is 9.53 Å². The number of aryl methyl sites for hydroxylation is 1. The van der Waals surface area contributed by atoms with Crippen molar-refractivity contribution >= 4 is 29.0 Å². The molecule has 0 aliphatic heterocycles. The van der Waals surface area contributed by atoms with Gasteiger partial charge in [0.25, 0.3) is 0 Å². The SMILES string of the molecule is CCCO[C@@H]1CC[C@H](C(=O)NC2CCC(Sc3nc(C)cs3)CC2)C[C@H]1N. The van der Waals surface area contributed by atoms with Gasteiger partial charge in [0.15, 0.2) is 0 Å². The molecular formula is C20H33N3O2S2. The number of carbonyl (C=O) groups is 1. The third-order valence-corrected chi connectivity index (χ3v) is 8.05. The average Bonchev–Trinajstić information content (AvgIpc) is 3.07. The summed E-state index contributed by atoms with van der Waals surface area (Å²) in [4.78, 5) is 17.2. The Kier molecular flexibility index (Phi) is 7.99. The van der Waals surface area contributed by atoms with Crippen LogP contribution in [-0.4, -0.2) is 40.9 Å². The van der Waals surface area contributed by atoms with E-state index in [0.29, 0.717) is 11.3 Å². The standard InChI is InChI=1S/C20H33N3O2S2/c1-3-10-25-18-9-4-14(11-17(18)21)19(24)23-15-5-7-16(8-6-15)27-20-22-13(2)12-26-20/h12,14-18H,3-11,21H2,1-2H3,(H,23,24)/t14-,15?,16?,17+,18+/m0/s1. The highest BCUT2D eigenvalue weighted by molar-refractivity contribution is 8.01. The topological polar surface area (TPSA) is 77.2 Å². The van der Waals surface area contributed by atoms with Crippen molar-refractivity contribution in [1.82, 2.24) is 10.3 Å². The van der Waals surface area contributed by atoms with E-state index in [0.717, 1.165) is 63.7 Å². The highest BCUT2D eigenvalue weighted by Crippen LogP contribution is 2.35. The van der Waals surface area contributed by atoms with Crippen LogP contribution in [0.25, 0.3) is 0 Å². The van der Waals surface area contributed by atoms with Gasteiger partial charge in [-0.25, -0.2) is 4.98 Å². The normalized spacial score (nSPS) is 31.6. The first-order chi connectivity index (χ1) is 13.0. The van der Waals surface area contributed by atoms with Crippen LogP contribution in [0.5, 0.6) is 0 Å². The molecule has 0 radical (unpaired) electrons. The molecule has 0 unspecified atom stereocenters. The summed E-state index contributed by atoms with van der Waals surface area (Å²) < 4.78 is 7.00. The van der Waals surface area contributed by atoms with Crippen molar-refractivity contribution in [2.75, 3.05) is 6.61 Å². The van der Waals surface area contributed by atoms with E-state index in [9.17, 15) is 4.79 Å². The van der Waals surface area contributed by atoms with Crippen LogP contribution in [0.1, 0.15) is 64.0 Å². The Morgan fingerprint density at radius 2 is 2.11 bits per heavy atom. The average molecular weight is 412 g/mol. The number of nitrogens with one attached hydrogen (secondary N) is 1. The Morgan fingerprint density at radius 1 is 1.33 bits per heavy atom. The van der Waals surface area contributed by atoms with E-state index in [-0.39, 0.29) is 24.0 Å². The lowest BCUT2D eigenvalue weighted by Gasteiger charge is -2.35. The van der Waals surface area contributed by atoms with E-state index >= 15 is 0 Å².